The number of allylic oxidation sites excluding steroid dienone is 3. The van der Waals surface area contributed by atoms with Crippen LogP contribution in [0.1, 0.15) is 6.92 Å². The summed E-state index contributed by atoms with van der Waals surface area (Å²) in [6, 6.07) is 0. The summed E-state index contributed by atoms with van der Waals surface area (Å²) in [6.07, 6.45) is 7.00. The van der Waals surface area contributed by atoms with Crippen LogP contribution in [0.5, 0.6) is 0 Å². The van der Waals surface area contributed by atoms with E-state index in [9.17, 15) is 4.79 Å². The Kier molecular flexibility index (Phi) is 6.55. The van der Waals surface area contributed by atoms with Crippen molar-refractivity contribution in [2.24, 2.45) is 0 Å². The highest BCUT2D eigenvalue weighted by molar-refractivity contribution is 5.82. The number of esters is 1. The molecule has 3 nitrogen and oxygen atoms in total. The van der Waals surface area contributed by atoms with Crippen LogP contribution in [0.4, 0.5) is 0 Å². The minimum atomic E-state index is -0.596. The lowest BCUT2D eigenvalue weighted by Crippen LogP contribution is -2.18. The fraction of sp³-hybridized carbons (Fsp3) is 0.300. The predicted molar refractivity (Wildman–Crippen MR) is 51.1 cm³/mol. The molecule has 1 N–H and O–H groups in total. The van der Waals surface area contributed by atoms with Gasteiger partial charge < -0.3 is 9.84 Å². The predicted octanol–water partition coefficient (Wildman–Crippen LogP) is 1.21. The highest BCUT2D eigenvalue weighted by atomic mass is 16.5. The molecule has 0 aromatic rings. The molecule has 0 heterocycles. The Morgan fingerprint density at radius 3 is 2.85 bits per heavy atom. The summed E-state index contributed by atoms with van der Waals surface area (Å²) >= 11 is 0. The zero-order valence-electron chi connectivity index (χ0n) is 7.64. The first kappa shape index (κ1) is 11.6. The summed E-state index contributed by atoms with van der Waals surface area (Å²) in [5.74, 6) is -0.463. The summed E-state index contributed by atoms with van der Waals surface area (Å²) in [4.78, 5) is 10.9. The molecule has 0 aliphatic rings. The molecular weight excluding hydrogens is 168 g/mol. The molecule has 1 unspecified atom stereocenters. The second-order valence-corrected chi connectivity index (χ2v) is 2.28. The van der Waals surface area contributed by atoms with Gasteiger partial charge in [0.05, 0.1) is 6.61 Å². The van der Waals surface area contributed by atoms with Crippen LogP contribution in [-0.4, -0.2) is 23.8 Å². The SMILES string of the molecule is C=C/C=C/C(CO)OC(=O)/C=C/C. The monoisotopic (exact) mass is 182 g/mol. The molecule has 0 amide bonds. The van der Waals surface area contributed by atoms with Crippen LogP contribution in [0.15, 0.2) is 37.0 Å². The van der Waals surface area contributed by atoms with E-state index in [1.165, 1.54) is 6.08 Å². The van der Waals surface area contributed by atoms with Crippen molar-refractivity contribution in [3.63, 3.8) is 0 Å². The Bertz CT molecular complexity index is 216. The number of hydrogen-bond acceptors (Lipinski definition) is 3. The van der Waals surface area contributed by atoms with Gasteiger partial charge in [0.2, 0.25) is 0 Å². The van der Waals surface area contributed by atoms with Crippen molar-refractivity contribution in [2.75, 3.05) is 6.61 Å². The Morgan fingerprint density at radius 2 is 2.38 bits per heavy atom. The number of carbonyl (C=O) groups excluding carboxylic acids is 1. The largest absolute Gasteiger partial charge is 0.453 e. The van der Waals surface area contributed by atoms with Crippen LogP contribution in [0.25, 0.3) is 0 Å². The first-order valence-electron chi connectivity index (χ1n) is 3.98. The van der Waals surface area contributed by atoms with Gasteiger partial charge in [0.25, 0.3) is 0 Å². The second-order valence-electron chi connectivity index (χ2n) is 2.28. The van der Waals surface area contributed by atoms with E-state index in [0.29, 0.717) is 0 Å². The Labute approximate surface area is 78.0 Å². The standard InChI is InChI=1S/C10H14O3/c1-3-5-7-9(8-11)13-10(12)6-4-2/h3-7,9,11H,1,8H2,2H3/b6-4+,7-5+. The minimum Gasteiger partial charge on any atom is -0.453 e. The van der Waals surface area contributed by atoms with Gasteiger partial charge in [0.1, 0.15) is 6.10 Å². The molecule has 0 bridgehead atoms. The lowest BCUT2D eigenvalue weighted by atomic mass is 10.3. The lowest BCUT2D eigenvalue weighted by molar-refractivity contribution is -0.142. The molecule has 0 saturated carbocycles. The van der Waals surface area contributed by atoms with Crippen LogP contribution in [0.3, 0.4) is 0 Å². The fourth-order valence-corrected chi connectivity index (χ4v) is 0.664. The normalized spacial score (nSPS) is 13.4. The average Bonchev–Trinajstić information content (AvgIpc) is 2.12. The minimum absolute atomic E-state index is 0.229. The van der Waals surface area contributed by atoms with Gasteiger partial charge in [-0.2, -0.15) is 0 Å². The van der Waals surface area contributed by atoms with Crippen molar-refractivity contribution < 1.29 is 14.6 Å². The van der Waals surface area contributed by atoms with Gasteiger partial charge >= 0.3 is 5.97 Å². The molecule has 3 heteroatoms. The van der Waals surface area contributed by atoms with Gasteiger partial charge in [-0.25, -0.2) is 4.79 Å². The molecule has 0 rings (SSSR count). The van der Waals surface area contributed by atoms with Gasteiger partial charge in [-0.1, -0.05) is 24.8 Å². The summed E-state index contributed by atoms with van der Waals surface area (Å²) in [7, 11) is 0. The van der Waals surface area contributed by atoms with E-state index in [4.69, 9.17) is 9.84 Å². The number of hydrogen-bond donors (Lipinski definition) is 1. The van der Waals surface area contributed by atoms with Gasteiger partial charge in [-0.15, -0.1) is 0 Å². The van der Waals surface area contributed by atoms with Crippen LogP contribution >= 0.6 is 0 Å². The Hall–Kier alpha value is -1.35. The fourth-order valence-electron chi connectivity index (χ4n) is 0.664. The molecule has 0 radical (unpaired) electrons. The van der Waals surface area contributed by atoms with Crippen LogP contribution in [0, 0.1) is 0 Å². The number of ether oxygens (including phenoxy) is 1. The quantitative estimate of drug-likeness (QED) is 0.395. The molecule has 0 aromatic heterocycles. The molecule has 0 saturated heterocycles. The van der Waals surface area contributed by atoms with Gasteiger partial charge in [-0.3, -0.25) is 0 Å². The average molecular weight is 182 g/mol. The Morgan fingerprint density at radius 1 is 1.69 bits per heavy atom. The maximum atomic E-state index is 10.9. The first-order valence-corrected chi connectivity index (χ1v) is 3.98. The zero-order chi connectivity index (χ0) is 10.1. The van der Waals surface area contributed by atoms with Gasteiger partial charge in [0.15, 0.2) is 0 Å². The van der Waals surface area contributed by atoms with E-state index in [1.807, 2.05) is 0 Å². The van der Waals surface area contributed by atoms with Gasteiger partial charge in [0, 0.05) is 6.08 Å². The van der Waals surface area contributed by atoms with E-state index < -0.39 is 12.1 Å². The topological polar surface area (TPSA) is 46.5 Å². The van der Waals surface area contributed by atoms with Crippen LogP contribution in [-0.2, 0) is 9.53 Å². The molecule has 0 spiro atoms. The molecule has 0 fully saturated rings. The van der Waals surface area contributed by atoms with Crippen molar-refractivity contribution in [1.29, 1.82) is 0 Å². The van der Waals surface area contributed by atoms with Crippen molar-refractivity contribution in [3.05, 3.63) is 37.0 Å². The van der Waals surface area contributed by atoms with Crippen molar-refractivity contribution in [3.8, 4) is 0 Å². The van der Waals surface area contributed by atoms with E-state index in [1.54, 1.807) is 31.2 Å². The first-order chi connectivity index (χ1) is 6.24. The third kappa shape index (κ3) is 5.87. The third-order valence-electron chi connectivity index (χ3n) is 1.21. The van der Waals surface area contributed by atoms with E-state index in [-0.39, 0.29) is 6.61 Å². The van der Waals surface area contributed by atoms with Crippen molar-refractivity contribution in [2.45, 2.75) is 13.0 Å². The van der Waals surface area contributed by atoms with Crippen molar-refractivity contribution >= 4 is 5.97 Å². The van der Waals surface area contributed by atoms with Gasteiger partial charge in [-0.05, 0) is 13.0 Å². The summed E-state index contributed by atoms with van der Waals surface area (Å²) in [6.45, 7) is 4.95. The molecule has 0 aliphatic heterocycles. The maximum absolute atomic E-state index is 10.9. The third-order valence-corrected chi connectivity index (χ3v) is 1.21. The highest BCUT2D eigenvalue weighted by Crippen LogP contribution is 1.95. The van der Waals surface area contributed by atoms with E-state index >= 15 is 0 Å². The lowest BCUT2D eigenvalue weighted by Gasteiger charge is -2.08. The molecule has 0 aliphatic carbocycles. The Balaban J connectivity index is 4.04. The second kappa shape index (κ2) is 7.31. The van der Waals surface area contributed by atoms with Crippen LogP contribution < -0.4 is 0 Å². The molecule has 0 aromatic carbocycles. The number of carbonyl (C=O) groups is 1. The molecule has 1 atom stereocenters. The summed E-state index contributed by atoms with van der Waals surface area (Å²) in [5.41, 5.74) is 0. The summed E-state index contributed by atoms with van der Waals surface area (Å²) in [5, 5.41) is 8.78. The van der Waals surface area contributed by atoms with Crippen molar-refractivity contribution in [1.82, 2.24) is 0 Å². The molecule has 72 valence electrons. The van der Waals surface area contributed by atoms with Crippen LogP contribution in [0.2, 0.25) is 0 Å². The zero-order valence-corrected chi connectivity index (χ0v) is 7.64. The van der Waals surface area contributed by atoms with E-state index in [2.05, 4.69) is 6.58 Å². The molecular formula is C10H14O3. The maximum Gasteiger partial charge on any atom is 0.331 e. The number of aliphatic hydroxyl groups is 1. The number of rotatable bonds is 5. The highest BCUT2D eigenvalue weighted by Gasteiger charge is 2.06. The smallest absolute Gasteiger partial charge is 0.331 e. The van der Waals surface area contributed by atoms with E-state index in [0.717, 1.165) is 0 Å². The summed E-state index contributed by atoms with van der Waals surface area (Å²) < 4.78 is 4.83. The number of aliphatic hydroxyl groups excluding tert-OH is 1. The molecule has 13 heavy (non-hydrogen) atoms.